The average molecular weight is 436 g/mol. The summed E-state index contributed by atoms with van der Waals surface area (Å²) in [6.07, 6.45) is 3.47. The molecule has 2 amide bonds. The number of carbonyl (C=O) groups excluding carboxylic acids is 1. The van der Waals surface area contributed by atoms with Gasteiger partial charge in [-0.25, -0.2) is 23.5 Å². The SMILES string of the molecule is Cc1nc(Oc2ccc(NC(=O)Nc3c(F)cccc3F)cc2)cc(-n2ccnc2C)n1. The van der Waals surface area contributed by atoms with Crippen molar-refractivity contribution in [3.8, 4) is 17.4 Å². The maximum absolute atomic E-state index is 13.7. The van der Waals surface area contributed by atoms with Gasteiger partial charge in [0, 0.05) is 24.1 Å². The van der Waals surface area contributed by atoms with Gasteiger partial charge in [-0.2, -0.15) is 4.98 Å². The lowest BCUT2D eigenvalue weighted by Gasteiger charge is -2.11. The van der Waals surface area contributed by atoms with Gasteiger partial charge in [-0.15, -0.1) is 0 Å². The number of amides is 2. The zero-order valence-electron chi connectivity index (χ0n) is 17.1. The fourth-order valence-corrected chi connectivity index (χ4v) is 2.94. The second kappa shape index (κ2) is 8.80. The molecular formula is C22H18F2N6O2. The monoisotopic (exact) mass is 436 g/mol. The van der Waals surface area contributed by atoms with Gasteiger partial charge in [0.1, 0.15) is 40.5 Å². The van der Waals surface area contributed by atoms with Gasteiger partial charge in [-0.3, -0.25) is 4.57 Å². The van der Waals surface area contributed by atoms with Gasteiger partial charge in [0.2, 0.25) is 5.88 Å². The molecule has 0 spiro atoms. The second-order valence-corrected chi connectivity index (χ2v) is 6.76. The zero-order valence-corrected chi connectivity index (χ0v) is 17.1. The number of halogens is 2. The summed E-state index contributed by atoms with van der Waals surface area (Å²) in [6.45, 7) is 3.62. The summed E-state index contributed by atoms with van der Waals surface area (Å²) >= 11 is 0. The molecule has 10 heteroatoms. The number of anilines is 2. The Morgan fingerprint density at radius 3 is 2.38 bits per heavy atom. The summed E-state index contributed by atoms with van der Waals surface area (Å²) in [4.78, 5) is 24.9. The highest BCUT2D eigenvalue weighted by molar-refractivity contribution is 5.99. The average Bonchev–Trinajstić information content (AvgIpc) is 3.18. The highest BCUT2D eigenvalue weighted by atomic mass is 19.1. The van der Waals surface area contributed by atoms with E-state index < -0.39 is 23.4 Å². The molecule has 2 aromatic carbocycles. The molecule has 32 heavy (non-hydrogen) atoms. The van der Waals surface area contributed by atoms with Crippen molar-refractivity contribution in [2.75, 3.05) is 10.6 Å². The van der Waals surface area contributed by atoms with Crippen LogP contribution in [0.1, 0.15) is 11.6 Å². The molecule has 8 nitrogen and oxygen atoms in total. The van der Waals surface area contributed by atoms with Crippen LogP contribution < -0.4 is 15.4 Å². The number of aryl methyl sites for hydroxylation is 2. The summed E-state index contributed by atoms with van der Waals surface area (Å²) < 4.78 is 35.0. The van der Waals surface area contributed by atoms with Crippen molar-refractivity contribution in [1.29, 1.82) is 0 Å². The minimum atomic E-state index is -0.866. The van der Waals surface area contributed by atoms with Crippen LogP contribution in [0.2, 0.25) is 0 Å². The smallest absolute Gasteiger partial charge is 0.323 e. The summed E-state index contributed by atoms with van der Waals surface area (Å²) in [5.74, 6) is 1.01. The van der Waals surface area contributed by atoms with Crippen LogP contribution in [-0.4, -0.2) is 25.6 Å². The van der Waals surface area contributed by atoms with Crippen LogP contribution in [0.5, 0.6) is 11.6 Å². The fraction of sp³-hybridized carbons (Fsp3) is 0.0909. The summed E-state index contributed by atoms with van der Waals surface area (Å²) in [5, 5.41) is 4.66. The maximum atomic E-state index is 13.7. The van der Waals surface area contributed by atoms with Crippen LogP contribution >= 0.6 is 0 Å². The third-order valence-electron chi connectivity index (χ3n) is 4.41. The van der Waals surface area contributed by atoms with Crippen LogP contribution in [0.15, 0.2) is 60.9 Å². The van der Waals surface area contributed by atoms with E-state index >= 15 is 0 Å². The van der Waals surface area contributed by atoms with E-state index in [2.05, 4.69) is 25.6 Å². The van der Waals surface area contributed by atoms with E-state index in [1.807, 2.05) is 11.5 Å². The maximum Gasteiger partial charge on any atom is 0.323 e. The highest BCUT2D eigenvalue weighted by Gasteiger charge is 2.12. The standard InChI is InChI=1S/C22H18F2N6O2/c1-13-26-19(30-11-10-25-14(30)2)12-20(27-13)32-16-8-6-15(7-9-16)28-22(31)29-21-17(23)4-3-5-18(21)24/h3-12H,1-2H3,(H2,28,29,31). The summed E-state index contributed by atoms with van der Waals surface area (Å²) in [7, 11) is 0. The molecule has 0 radical (unpaired) electrons. The quantitative estimate of drug-likeness (QED) is 0.460. The van der Waals surface area contributed by atoms with E-state index in [0.717, 1.165) is 18.0 Å². The Hall–Kier alpha value is -4.34. The molecule has 162 valence electrons. The van der Waals surface area contributed by atoms with Gasteiger partial charge < -0.3 is 15.4 Å². The van der Waals surface area contributed by atoms with E-state index in [4.69, 9.17) is 4.74 Å². The topological polar surface area (TPSA) is 94.0 Å². The largest absolute Gasteiger partial charge is 0.439 e. The first-order chi connectivity index (χ1) is 15.4. The number of aromatic nitrogens is 4. The van der Waals surface area contributed by atoms with Crippen molar-refractivity contribution in [3.63, 3.8) is 0 Å². The van der Waals surface area contributed by atoms with Crippen molar-refractivity contribution < 1.29 is 18.3 Å². The molecule has 0 aliphatic carbocycles. The molecule has 0 bridgehead atoms. The molecule has 0 fully saturated rings. The van der Waals surface area contributed by atoms with Gasteiger partial charge in [-0.1, -0.05) is 6.07 Å². The number of hydrogen-bond donors (Lipinski definition) is 2. The van der Waals surface area contributed by atoms with Crippen LogP contribution in [0.25, 0.3) is 5.82 Å². The van der Waals surface area contributed by atoms with Gasteiger partial charge in [0.25, 0.3) is 0 Å². The van der Waals surface area contributed by atoms with Crippen molar-refractivity contribution in [2.45, 2.75) is 13.8 Å². The number of imidazole rings is 1. The van der Waals surface area contributed by atoms with Gasteiger partial charge in [0.15, 0.2) is 0 Å². The van der Waals surface area contributed by atoms with E-state index in [1.54, 1.807) is 49.6 Å². The van der Waals surface area contributed by atoms with Crippen LogP contribution in [-0.2, 0) is 0 Å². The molecule has 0 aliphatic rings. The molecule has 2 aromatic heterocycles. The molecular weight excluding hydrogens is 418 g/mol. The van der Waals surface area contributed by atoms with Gasteiger partial charge >= 0.3 is 6.03 Å². The summed E-state index contributed by atoms with van der Waals surface area (Å²) in [5.41, 5.74) is -0.117. The second-order valence-electron chi connectivity index (χ2n) is 6.76. The molecule has 4 aromatic rings. The first-order valence-corrected chi connectivity index (χ1v) is 9.55. The lowest BCUT2D eigenvalue weighted by Crippen LogP contribution is -2.20. The van der Waals surface area contributed by atoms with Gasteiger partial charge in [-0.05, 0) is 50.2 Å². The Morgan fingerprint density at radius 2 is 1.72 bits per heavy atom. The number of nitrogens with one attached hydrogen (secondary N) is 2. The van der Waals surface area contributed by atoms with E-state index in [0.29, 0.717) is 29.0 Å². The number of nitrogens with zero attached hydrogens (tertiary/aromatic N) is 4. The van der Waals surface area contributed by atoms with E-state index in [1.165, 1.54) is 6.07 Å². The van der Waals surface area contributed by atoms with Crippen LogP contribution in [0.4, 0.5) is 25.0 Å². The third-order valence-corrected chi connectivity index (χ3v) is 4.41. The number of ether oxygens (including phenoxy) is 1. The number of hydrogen-bond acceptors (Lipinski definition) is 5. The molecule has 0 atom stereocenters. The molecule has 4 rings (SSSR count). The Morgan fingerprint density at radius 1 is 1.00 bits per heavy atom. The molecule has 0 saturated carbocycles. The Kier molecular flexibility index (Phi) is 5.75. The normalized spacial score (nSPS) is 10.6. The Balaban J connectivity index is 1.44. The lowest BCUT2D eigenvalue weighted by molar-refractivity contribution is 0.262. The number of rotatable bonds is 5. The minimum absolute atomic E-state index is 0.342. The van der Waals surface area contributed by atoms with Crippen molar-refractivity contribution >= 4 is 17.4 Å². The minimum Gasteiger partial charge on any atom is -0.439 e. The van der Waals surface area contributed by atoms with Crippen molar-refractivity contribution in [3.05, 3.63) is 84.2 Å². The first kappa shape index (κ1) is 20.9. The zero-order chi connectivity index (χ0) is 22.7. The van der Waals surface area contributed by atoms with Crippen molar-refractivity contribution in [2.24, 2.45) is 0 Å². The summed E-state index contributed by atoms with van der Waals surface area (Å²) in [6, 6.07) is 10.6. The highest BCUT2D eigenvalue weighted by Crippen LogP contribution is 2.24. The number of benzene rings is 2. The molecule has 0 saturated heterocycles. The van der Waals surface area contributed by atoms with E-state index in [9.17, 15) is 13.6 Å². The van der Waals surface area contributed by atoms with Crippen molar-refractivity contribution in [1.82, 2.24) is 19.5 Å². The molecule has 0 unspecified atom stereocenters. The number of para-hydroxylation sites is 1. The lowest BCUT2D eigenvalue weighted by atomic mass is 10.3. The molecule has 2 N–H and O–H groups in total. The Bertz CT molecular complexity index is 1250. The van der Waals surface area contributed by atoms with Gasteiger partial charge in [0.05, 0.1) is 0 Å². The van der Waals surface area contributed by atoms with Crippen LogP contribution in [0, 0.1) is 25.5 Å². The number of carbonyl (C=O) groups is 1. The predicted octanol–water partition coefficient (Wildman–Crippen LogP) is 4.99. The fourth-order valence-electron chi connectivity index (χ4n) is 2.94. The van der Waals surface area contributed by atoms with Crippen LogP contribution in [0.3, 0.4) is 0 Å². The number of urea groups is 1. The predicted molar refractivity (Wildman–Crippen MR) is 114 cm³/mol. The Labute approximate surface area is 181 Å². The van der Waals surface area contributed by atoms with E-state index in [-0.39, 0.29) is 0 Å². The first-order valence-electron chi connectivity index (χ1n) is 9.55. The molecule has 0 aliphatic heterocycles. The third kappa shape index (κ3) is 4.69. The molecule has 2 heterocycles.